The molecule has 2 aliphatic heterocycles. The molecule has 0 bridgehead atoms. The van der Waals surface area contributed by atoms with Crippen molar-refractivity contribution in [1.29, 1.82) is 0 Å². The van der Waals surface area contributed by atoms with Crippen LogP contribution in [0.2, 0.25) is 0 Å². The number of aromatic nitrogens is 1. The van der Waals surface area contributed by atoms with Crippen molar-refractivity contribution in [1.82, 2.24) is 20.5 Å². The highest BCUT2D eigenvalue weighted by Gasteiger charge is 2.47. The summed E-state index contributed by atoms with van der Waals surface area (Å²) in [7, 11) is 0. The molecule has 1 saturated carbocycles. The lowest BCUT2D eigenvalue weighted by Crippen LogP contribution is -2.46. The number of nitrogens with zero attached hydrogens (tertiary/aromatic N) is 2. The van der Waals surface area contributed by atoms with Crippen molar-refractivity contribution in [3.63, 3.8) is 0 Å². The Labute approximate surface area is 246 Å². The van der Waals surface area contributed by atoms with Crippen LogP contribution in [0.25, 0.3) is 21.3 Å². The van der Waals surface area contributed by atoms with Crippen LogP contribution in [-0.4, -0.2) is 48.1 Å². The second-order valence-corrected chi connectivity index (χ2v) is 13.1. The van der Waals surface area contributed by atoms with Crippen molar-refractivity contribution in [3.05, 3.63) is 82.4 Å². The highest BCUT2D eigenvalue weighted by Crippen LogP contribution is 2.49. The minimum atomic E-state index is -0.392. The molecule has 4 aromatic rings. The first kappa shape index (κ1) is 26.6. The molecule has 7 heteroatoms. The molecule has 2 aromatic carbocycles. The van der Waals surface area contributed by atoms with Crippen molar-refractivity contribution < 1.29 is 9.53 Å². The summed E-state index contributed by atoms with van der Waals surface area (Å²) in [4.78, 5) is 23.7. The second kappa shape index (κ2) is 10.9. The third kappa shape index (κ3) is 5.27. The van der Waals surface area contributed by atoms with E-state index in [1.165, 1.54) is 41.2 Å². The van der Waals surface area contributed by atoms with Gasteiger partial charge in [-0.2, -0.15) is 0 Å². The zero-order valence-corrected chi connectivity index (χ0v) is 24.7. The van der Waals surface area contributed by atoms with Crippen LogP contribution in [0.15, 0.2) is 60.8 Å². The Bertz CT molecular complexity index is 1580. The average molecular weight is 567 g/mol. The number of amides is 1. The van der Waals surface area contributed by atoms with Gasteiger partial charge in [-0.1, -0.05) is 12.1 Å². The van der Waals surface area contributed by atoms with Gasteiger partial charge in [-0.3, -0.25) is 14.7 Å². The molecule has 1 amide bonds. The van der Waals surface area contributed by atoms with E-state index in [0.717, 1.165) is 53.6 Å². The van der Waals surface area contributed by atoms with Gasteiger partial charge in [0.05, 0.1) is 11.1 Å². The Balaban J connectivity index is 1.17. The monoisotopic (exact) mass is 566 g/mol. The number of thiophene rings is 1. The van der Waals surface area contributed by atoms with Crippen LogP contribution in [-0.2, 0) is 5.54 Å². The van der Waals surface area contributed by atoms with E-state index in [1.54, 1.807) is 0 Å². The van der Waals surface area contributed by atoms with Gasteiger partial charge in [0.25, 0.3) is 5.91 Å². The number of ether oxygens (including phenoxy) is 1. The molecule has 4 heterocycles. The van der Waals surface area contributed by atoms with Crippen molar-refractivity contribution in [2.75, 3.05) is 26.2 Å². The number of aryl methyl sites for hydroxylation is 1. The molecule has 1 unspecified atom stereocenters. The smallest absolute Gasteiger partial charge is 0.252 e. The van der Waals surface area contributed by atoms with E-state index in [1.807, 2.05) is 48.7 Å². The molecule has 2 atom stereocenters. The third-order valence-corrected chi connectivity index (χ3v) is 10.5. The zero-order chi connectivity index (χ0) is 28.0. The number of carbonyl (C=O) groups is 1. The number of hydrogen-bond acceptors (Lipinski definition) is 6. The number of hydrogen-bond donors (Lipinski definition) is 2. The number of rotatable bonds is 9. The number of carbonyl (C=O) groups excluding carboxylic acids is 1. The van der Waals surface area contributed by atoms with E-state index < -0.39 is 5.54 Å². The van der Waals surface area contributed by atoms with E-state index in [9.17, 15) is 4.79 Å². The molecule has 0 radical (unpaired) electrons. The van der Waals surface area contributed by atoms with E-state index in [4.69, 9.17) is 9.72 Å². The highest BCUT2D eigenvalue weighted by molar-refractivity contribution is 7.15. The van der Waals surface area contributed by atoms with Gasteiger partial charge >= 0.3 is 0 Å². The first-order valence-corrected chi connectivity index (χ1v) is 15.8. The first-order chi connectivity index (χ1) is 20.0. The zero-order valence-electron chi connectivity index (χ0n) is 23.9. The van der Waals surface area contributed by atoms with Gasteiger partial charge in [-0.25, -0.2) is 0 Å². The van der Waals surface area contributed by atoms with Gasteiger partial charge in [0.2, 0.25) is 0 Å². The molecule has 7 rings (SSSR count). The first-order valence-electron chi connectivity index (χ1n) is 15.0. The topological polar surface area (TPSA) is 66.5 Å². The summed E-state index contributed by atoms with van der Waals surface area (Å²) in [5.74, 6) is 0.695. The molecule has 41 heavy (non-hydrogen) atoms. The van der Waals surface area contributed by atoms with Crippen LogP contribution in [0, 0.1) is 6.92 Å². The summed E-state index contributed by atoms with van der Waals surface area (Å²) in [6, 6.07) is 19.9. The molecule has 0 spiro atoms. The molecular weight excluding hydrogens is 528 g/mol. The predicted octanol–water partition coefficient (Wildman–Crippen LogP) is 6.59. The van der Waals surface area contributed by atoms with Gasteiger partial charge in [0.15, 0.2) is 0 Å². The van der Waals surface area contributed by atoms with E-state index in [-0.39, 0.29) is 5.91 Å². The summed E-state index contributed by atoms with van der Waals surface area (Å²) in [5.41, 5.74) is 4.54. The third-order valence-electron chi connectivity index (χ3n) is 9.18. The summed E-state index contributed by atoms with van der Waals surface area (Å²) < 4.78 is 6.01. The quantitative estimate of drug-likeness (QED) is 0.239. The lowest BCUT2D eigenvalue weighted by molar-refractivity contribution is 0.0930. The summed E-state index contributed by atoms with van der Waals surface area (Å²) in [5, 5.41) is 7.92. The lowest BCUT2D eigenvalue weighted by atomic mass is 9.95. The van der Waals surface area contributed by atoms with Crippen LogP contribution in [0.5, 0.6) is 5.75 Å². The number of nitrogens with one attached hydrogen (secondary N) is 2. The average Bonchev–Trinajstić information content (AvgIpc) is 3.33. The molecular formula is C34H38N4O2S. The molecule has 3 aliphatic rings. The van der Waals surface area contributed by atoms with Crippen LogP contribution < -0.4 is 15.4 Å². The second-order valence-electron chi connectivity index (χ2n) is 12.0. The normalized spacial score (nSPS) is 20.5. The fourth-order valence-electron chi connectivity index (χ4n) is 6.26. The molecule has 212 valence electrons. The van der Waals surface area contributed by atoms with E-state index in [0.29, 0.717) is 24.3 Å². The molecule has 6 nitrogen and oxygen atoms in total. The molecule has 2 saturated heterocycles. The van der Waals surface area contributed by atoms with Crippen LogP contribution in [0.4, 0.5) is 0 Å². The Hall–Kier alpha value is -3.26. The van der Waals surface area contributed by atoms with Crippen molar-refractivity contribution in [2.45, 2.75) is 63.6 Å². The maximum Gasteiger partial charge on any atom is 0.252 e. The Morgan fingerprint density at radius 3 is 2.76 bits per heavy atom. The van der Waals surface area contributed by atoms with Gasteiger partial charge in [0.1, 0.15) is 12.4 Å². The standard InChI is InChI=1S/C34H38N4O2S/c1-22-7-8-26(40-21-25-11-15-35-25)20-28(22)33(39)37-34(12-13-34)29-18-24(19-30-27(29)6-5-14-36-30)32-10-9-31(41-32)23(2)38-16-3-4-17-38/h5-10,14,18-20,23,25,35H,3-4,11-13,15-17,21H2,1-2H3,(H,37,39)/t23?,25-/m0/s1. The predicted molar refractivity (Wildman–Crippen MR) is 166 cm³/mol. The Kier molecular flexibility index (Phi) is 7.05. The molecule has 2 aromatic heterocycles. The van der Waals surface area contributed by atoms with E-state index in [2.05, 4.69) is 52.8 Å². The van der Waals surface area contributed by atoms with Crippen molar-refractivity contribution >= 4 is 28.1 Å². The van der Waals surface area contributed by atoms with Crippen LogP contribution >= 0.6 is 11.3 Å². The highest BCUT2D eigenvalue weighted by atomic mass is 32.1. The number of pyridine rings is 1. The maximum atomic E-state index is 13.8. The number of benzene rings is 2. The summed E-state index contributed by atoms with van der Waals surface area (Å²) >= 11 is 1.88. The van der Waals surface area contributed by atoms with Crippen LogP contribution in [0.1, 0.15) is 71.4 Å². The fraction of sp³-hybridized carbons (Fsp3) is 0.412. The fourth-order valence-corrected chi connectivity index (χ4v) is 7.34. The van der Waals surface area contributed by atoms with Gasteiger partial charge < -0.3 is 15.4 Å². The summed E-state index contributed by atoms with van der Waals surface area (Å²) in [6.45, 7) is 8.37. The Morgan fingerprint density at radius 2 is 2.00 bits per heavy atom. The molecule has 2 N–H and O–H groups in total. The van der Waals surface area contributed by atoms with E-state index >= 15 is 0 Å². The van der Waals surface area contributed by atoms with Gasteiger partial charge in [0, 0.05) is 39.0 Å². The number of likely N-dealkylation sites (tertiary alicyclic amines) is 1. The summed E-state index contributed by atoms with van der Waals surface area (Å²) in [6.07, 6.45) is 7.41. The van der Waals surface area contributed by atoms with Crippen molar-refractivity contribution in [3.8, 4) is 16.2 Å². The number of fused-ring (bicyclic) bond motifs is 1. The van der Waals surface area contributed by atoms with Gasteiger partial charge in [-0.05, 0) is 125 Å². The molecule has 3 fully saturated rings. The minimum Gasteiger partial charge on any atom is -0.492 e. The van der Waals surface area contributed by atoms with Crippen molar-refractivity contribution in [2.24, 2.45) is 0 Å². The molecule has 1 aliphatic carbocycles. The van der Waals surface area contributed by atoms with Crippen LogP contribution in [0.3, 0.4) is 0 Å². The minimum absolute atomic E-state index is 0.0486. The Morgan fingerprint density at radius 1 is 1.17 bits per heavy atom. The lowest BCUT2D eigenvalue weighted by Gasteiger charge is -2.27. The van der Waals surface area contributed by atoms with Gasteiger partial charge in [-0.15, -0.1) is 11.3 Å². The SMILES string of the molecule is Cc1ccc(OC[C@@H]2CCN2)cc1C(=O)NC1(c2cc(-c3ccc(C(C)N4CCCC4)s3)cc3ncccc23)CC1. The largest absolute Gasteiger partial charge is 0.492 e. The maximum absolute atomic E-state index is 13.8.